The van der Waals surface area contributed by atoms with Gasteiger partial charge in [0, 0.05) is 10.7 Å². The van der Waals surface area contributed by atoms with Gasteiger partial charge in [-0.15, -0.1) is 0 Å². The summed E-state index contributed by atoms with van der Waals surface area (Å²) in [7, 11) is 0. The number of carboxylic acid groups (broad SMARTS) is 1. The maximum Gasteiger partial charge on any atom is 0.326 e. The van der Waals surface area contributed by atoms with Crippen LogP contribution in [0.4, 0.5) is 5.69 Å². The van der Waals surface area contributed by atoms with Crippen LogP contribution in [-0.4, -0.2) is 17.1 Å². The number of allylic oxidation sites excluding steroid dienone is 2. The topological polar surface area (TPSA) is 49.3 Å². The van der Waals surface area contributed by atoms with Gasteiger partial charge in [0.15, 0.2) is 0 Å². The smallest absolute Gasteiger partial charge is 0.326 e. The van der Waals surface area contributed by atoms with Crippen LogP contribution >= 0.6 is 11.6 Å². The summed E-state index contributed by atoms with van der Waals surface area (Å²) in [5, 5.41) is 13.3. The normalized spacial score (nSPS) is 23.9. The van der Waals surface area contributed by atoms with E-state index in [0.717, 1.165) is 18.5 Å². The Bertz CT molecular complexity index is 510. The number of hydrogen-bond acceptors (Lipinski definition) is 2. The lowest BCUT2D eigenvalue weighted by atomic mass is 9.79. The molecule has 0 spiro atoms. The number of nitrogens with one attached hydrogen (secondary N) is 1. The molecule has 3 atom stereocenters. The third-order valence-corrected chi connectivity index (χ3v) is 3.98. The minimum Gasteiger partial charge on any atom is -0.480 e. The third-order valence-electron chi connectivity index (χ3n) is 3.73. The molecule has 2 rings (SSSR count). The molecule has 0 amide bonds. The molecule has 1 aromatic carbocycles. The van der Waals surface area contributed by atoms with Gasteiger partial charge in [0.05, 0.1) is 0 Å². The van der Waals surface area contributed by atoms with Crippen LogP contribution < -0.4 is 5.32 Å². The standard InChI is InChI=1S/C16H20ClNO2/c1-10-7-11(2)9-12(8-10)15(16(19)20)18-14-5-3-13(17)4-6-14/h3-7,10,12,15,18H,8-9H2,1-2H3,(H,19,20). The SMILES string of the molecule is CC1=CC(C)CC(C(Nc2ccc(Cl)cc2)C(=O)O)C1. The summed E-state index contributed by atoms with van der Waals surface area (Å²) in [5.74, 6) is -0.252. The Morgan fingerprint density at radius 2 is 2.05 bits per heavy atom. The Kier molecular flexibility index (Phi) is 4.71. The predicted octanol–water partition coefficient (Wildman–Crippen LogP) is 4.20. The van der Waals surface area contributed by atoms with Crippen LogP contribution in [0.1, 0.15) is 26.7 Å². The number of benzene rings is 1. The maximum atomic E-state index is 11.6. The Morgan fingerprint density at radius 1 is 1.40 bits per heavy atom. The van der Waals surface area contributed by atoms with Crippen molar-refractivity contribution in [3.05, 3.63) is 40.9 Å². The number of halogens is 1. The number of carboxylic acids is 1. The molecular weight excluding hydrogens is 274 g/mol. The van der Waals surface area contributed by atoms with Crippen molar-refractivity contribution in [2.24, 2.45) is 11.8 Å². The van der Waals surface area contributed by atoms with Gasteiger partial charge in [0.1, 0.15) is 6.04 Å². The average molecular weight is 294 g/mol. The van der Waals surface area contributed by atoms with Gasteiger partial charge in [-0.25, -0.2) is 4.79 Å². The van der Waals surface area contributed by atoms with Crippen LogP contribution in [0.15, 0.2) is 35.9 Å². The summed E-state index contributed by atoms with van der Waals surface area (Å²) in [5.41, 5.74) is 2.07. The van der Waals surface area contributed by atoms with Crippen molar-refractivity contribution in [3.63, 3.8) is 0 Å². The first-order valence-electron chi connectivity index (χ1n) is 6.88. The first kappa shape index (κ1) is 14.9. The molecule has 0 aromatic heterocycles. The van der Waals surface area contributed by atoms with E-state index in [-0.39, 0.29) is 5.92 Å². The highest BCUT2D eigenvalue weighted by Gasteiger charge is 2.31. The van der Waals surface area contributed by atoms with Gasteiger partial charge in [0.25, 0.3) is 0 Å². The van der Waals surface area contributed by atoms with E-state index < -0.39 is 12.0 Å². The maximum absolute atomic E-state index is 11.6. The number of carbonyl (C=O) groups is 1. The summed E-state index contributed by atoms with van der Waals surface area (Å²) < 4.78 is 0. The Labute approximate surface area is 124 Å². The zero-order valence-corrected chi connectivity index (χ0v) is 12.5. The Balaban J connectivity index is 2.13. The van der Waals surface area contributed by atoms with Crippen LogP contribution in [0.2, 0.25) is 5.02 Å². The fraction of sp³-hybridized carbons (Fsp3) is 0.438. The lowest BCUT2D eigenvalue weighted by Gasteiger charge is -2.31. The summed E-state index contributed by atoms with van der Waals surface area (Å²) in [6, 6.07) is 6.58. The highest BCUT2D eigenvalue weighted by atomic mass is 35.5. The molecule has 108 valence electrons. The van der Waals surface area contributed by atoms with Crippen molar-refractivity contribution < 1.29 is 9.90 Å². The van der Waals surface area contributed by atoms with E-state index in [2.05, 4.69) is 25.2 Å². The second-order valence-corrected chi connectivity index (χ2v) is 6.09. The Hall–Kier alpha value is -1.48. The lowest BCUT2D eigenvalue weighted by Crippen LogP contribution is -2.38. The molecule has 2 N–H and O–H groups in total. The molecule has 1 aliphatic carbocycles. The molecule has 1 aromatic rings. The molecule has 3 unspecified atom stereocenters. The summed E-state index contributed by atoms with van der Waals surface area (Å²) in [6.45, 7) is 4.21. The van der Waals surface area contributed by atoms with E-state index in [0.29, 0.717) is 10.9 Å². The van der Waals surface area contributed by atoms with Crippen molar-refractivity contribution in [2.45, 2.75) is 32.7 Å². The fourth-order valence-electron chi connectivity index (χ4n) is 2.96. The van der Waals surface area contributed by atoms with E-state index in [1.54, 1.807) is 12.1 Å². The summed E-state index contributed by atoms with van der Waals surface area (Å²) >= 11 is 5.85. The fourth-order valence-corrected chi connectivity index (χ4v) is 3.08. The summed E-state index contributed by atoms with van der Waals surface area (Å²) in [4.78, 5) is 11.6. The molecule has 0 aliphatic heterocycles. The quantitative estimate of drug-likeness (QED) is 0.818. The van der Waals surface area contributed by atoms with Crippen LogP contribution in [0.5, 0.6) is 0 Å². The van der Waals surface area contributed by atoms with Gasteiger partial charge in [-0.2, -0.15) is 0 Å². The molecule has 0 heterocycles. The molecule has 0 saturated heterocycles. The minimum absolute atomic E-state index is 0.114. The van der Waals surface area contributed by atoms with Gasteiger partial charge in [-0.1, -0.05) is 30.2 Å². The minimum atomic E-state index is -0.799. The van der Waals surface area contributed by atoms with Gasteiger partial charge >= 0.3 is 5.97 Å². The van der Waals surface area contributed by atoms with Crippen molar-refractivity contribution >= 4 is 23.3 Å². The molecule has 0 saturated carbocycles. The van der Waals surface area contributed by atoms with Crippen molar-refractivity contribution in [1.29, 1.82) is 0 Å². The van der Waals surface area contributed by atoms with Crippen molar-refractivity contribution in [3.8, 4) is 0 Å². The molecule has 1 aliphatic rings. The number of rotatable bonds is 4. The first-order chi connectivity index (χ1) is 9.45. The molecule has 0 fully saturated rings. The number of anilines is 1. The van der Waals surface area contributed by atoms with E-state index in [4.69, 9.17) is 11.6 Å². The van der Waals surface area contributed by atoms with Gasteiger partial charge in [-0.3, -0.25) is 0 Å². The van der Waals surface area contributed by atoms with E-state index in [1.807, 2.05) is 12.1 Å². The highest BCUT2D eigenvalue weighted by Crippen LogP contribution is 2.31. The largest absolute Gasteiger partial charge is 0.480 e. The van der Waals surface area contributed by atoms with Crippen LogP contribution in [0.25, 0.3) is 0 Å². The molecule has 20 heavy (non-hydrogen) atoms. The zero-order chi connectivity index (χ0) is 14.7. The van der Waals surface area contributed by atoms with Gasteiger partial charge in [0.2, 0.25) is 0 Å². The van der Waals surface area contributed by atoms with Crippen molar-refractivity contribution in [1.82, 2.24) is 0 Å². The second kappa shape index (κ2) is 6.31. The molecule has 0 bridgehead atoms. The third kappa shape index (κ3) is 3.76. The molecule has 0 radical (unpaired) electrons. The molecule has 4 heteroatoms. The van der Waals surface area contributed by atoms with Crippen LogP contribution in [-0.2, 0) is 4.79 Å². The van der Waals surface area contributed by atoms with E-state index in [1.165, 1.54) is 5.57 Å². The zero-order valence-electron chi connectivity index (χ0n) is 11.8. The number of hydrogen-bond donors (Lipinski definition) is 2. The molecular formula is C16H20ClNO2. The lowest BCUT2D eigenvalue weighted by molar-refractivity contribution is -0.139. The number of aliphatic carboxylic acids is 1. The molecule has 3 nitrogen and oxygen atoms in total. The van der Waals surface area contributed by atoms with Crippen LogP contribution in [0.3, 0.4) is 0 Å². The van der Waals surface area contributed by atoms with Crippen molar-refractivity contribution in [2.75, 3.05) is 5.32 Å². The summed E-state index contributed by atoms with van der Waals surface area (Å²) in [6.07, 6.45) is 3.97. The van der Waals surface area contributed by atoms with E-state index in [9.17, 15) is 9.90 Å². The van der Waals surface area contributed by atoms with Gasteiger partial charge < -0.3 is 10.4 Å². The Morgan fingerprint density at radius 3 is 2.60 bits per heavy atom. The highest BCUT2D eigenvalue weighted by molar-refractivity contribution is 6.30. The first-order valence-corrected chi connectivity index (χ1v) is 7.25. The van der Waals surface area contributed by atoms with E-state index >= 15 is 0 Å². The predicted molar refractivity (Wildman–Crippen MR) is 82.1 cm³/mol. The second-order valence-electron chi connectivity index (χ2n) is 5.66. The van der Waals surface area contributed by atoms with Crippen LogP contribution in [0, 0.1) is 11.8 Å². The average Bonchev–Trinajstić information content (AvgIpc) is 2.36. The monoisotopic (exact) mass is 293 g/mol. The van der Waals surface area contributed by atoms with Gasteiger partial charge in [-0.05, 0) is 55.9 Å².